The molecule has 0 bridgehead atoms. The van der Waals surface area contributed by atoms with Crippen LogP contribution in [0.25, 0.3) is 0 Å². The quantitative estimate of drug-likeness (QED) is 0.301. The first-order valence-corrected chi connectivity index (χ1v) is 13.0. The number of hydrogen-bond acceptors (Lipinski definition) is 10. The lowest BCUT2D eigenvalue weighted by Crippen LogP contribution is -2.36. The molecule has 1 aliphatic heterocycles. The van der Waals surface area contributed by atoms with Gasteiger partial charge in [-0.3, -0.25) is 4.72 Å². The van der Waals surface area contributed by atoms with Gasteiger partial charge in [0, 0.05) is 41.9 Å². The summed E-state index contributed by atoms with van der Waals surface area (Å²) in [7, 11) is 1.90. The Morgan fingerprint density at radius 3 is 2.50 bits per heavy atom. The van der Waals surface area contributed by atoms with Crippen molar-refractivity contribution in [3.8, 4) is 11.5 Å². The Balaban J connectivity index is 1.64. The van der Waals surface area contributed by atoms with Crippen molar-refractivity contribution >= 4 is 40.8 Å². The van der Waals surface area contributed by atoms with Crippen molar-refractivity contribution < 1.29 is 14.2 Å². The lowest BCUT2D eigenvalue weighted by atomic mass is 10.2. The van der Waals surface area contributed by atoms with Crippen LogP contribution in [-0.4, -0.2) is 56.5 Å². The van der Waals surface area contributed by atoms with Gasteiger partial charge in [-0.1, -0.05) is 12.1 Å². The number of benzene rings is 2. The summed E-state index contributed by atoms with van der Waals surface area (Å²) < 4.78 is 20.7. The molecule has 1 aromatic heterocycles. The minimum absolute atomic E-state index is 0.462. The second kappa shape index (κ2) is 12.7. The highest BCUT2D eigenvalue weighted by molar-refractivity contribution is 7.97. The molecule has 1 fully saturated rings. The number of para-hydroxylation sites is 1. The Kier molecular flexibility index (Phi) is 9.10. The fourth-order valence-electron chi connectivity index (χ4n) is 3.89. The van der Waals surface area contributed by atoms with E-state index >= 15 is 0 Å². The van der Waals surface area contributed by atoms with Gasteiger partial charge in [0.2, 0.25) is 5.95 Å². The van der Waals surface area contributed by atoms with Gasteiger partial charge < -0.3 is 29.7 Å². The Hall–Kier alpha value is -3.21. The molecule has 4 rings (SSSR count). The molecule has 36 heavy (non-hydrogen) atoms. The van der Waals surface area contributed by atoms with E-state index in [4.69, 9.17) is 19.2 Å². The number of rotatable bonds is 11. The minimum Gasteiger partial charge on any atom is -0.492 e. The van der Waals surface area contributed by atoms with Gasteiger partial charge in [-0.15, -0.1) is 0 Å². The van der Waals surface area contributed by atoms with Crippen LogP contribution in [0.3, 0.4) is 0 Å². The van der Waals surface area contributed by atoms with Gasteiger partial charge in [-0.25, -0.2) is 4.98 Å². The summed E-state index contributed by atoms with van der Waals surface area (Å²) in [4.78, 5) is 12.6. The molecule has 0 amide bonds. The summed E-state index contributed by atoms with van der Waals surface area (Å²) in [5.74, 6) is 2.69. The second-order valence-electron chi connectivity index (χ2n) is 8.06. The first-order valence-electron chi connectivity index (χ1n) is 12.2. The number of nitrogens with one attached hydrogen (secondary N) is 3. The molecule has 1 aliphatic rings. The third kappa shape index (κ3) is 6.31. The normalized spacial score (nSPS) is 13.4. The molecule has 3 N–H and O–H groups in total. The van der Waals surface area contributed by atoms with Crippen molar-refractivity contribution in [1.29, 1.82) is 0 Å². The van der Waals surface area contributed by atoms with Crippen LogP contribution in [0, 0.1) is 6.92 Å². The number of aromatic nitrogens is 2. The van der Waals surface area contributed by atoms with Crippen LogP contribution in [0.4, 0.5) is 28.8 Å². The van der Waals surface area contributed by atoms with Gasteiger partial charge >= 0.3 is 0 Å². The molecular formula is C26H34N6O3S. The van der Waals surface area contributed by atoms with E-state index < -0.39 is 0 Å². The maximum Gasteiger partial charge on any atom is 0.229 e. The zero-order chi connectivity index (χ0) is 25.3. The Labute approximate surface area is 217 Å². The molecule has 192 valence electrons. The summed E-state index contributed by atoms with van der Waals surface area (Å²) in [6.07, 6.45) is 1.80. The van der Waals surface area contributed by atoms with Crippen molar-refractivity contribution in [3.63, 3.8) is 0 Å². The third-order valence-corrected chi connectivity index (χ3v) is 6.36. The summed E-state index contributed by atoms with van der Waals surface area (Å²) in [6.45, 7) is 10.0. The zero-order valence-electron chi connectivity index (χ0n) is 21.3. The molecule has 2 heterocycles. The third-order valence-electron chi connectivity index (χ3n) is 5.58. The molecule has 0 radical (unpaired) electrons. The molecular weight excluding hydrogens is 476 g/mol. The van der Waals surface area contributed by atoms with Crippen molar-refractivity contribution in [1.82, 2.24) is 14.7 Å². The van der Waals surface area contributed by atoms with E-state index in [1.165, 1.54) is 0 Å². The van der Waals surface area contributed by atoms with Crippen LogP contribution in [0.15, 0.2) is 47.5 Å². The highest BCUT2D eigenvalue weighted by Crippen LogP contribution is 2.40. The van der Waals surface area contributed by atoms with Crippen LogP contribution in [0.5, 0.6) is 11.5 Å². The predicted molar refractivity (Wildman–Crippen MR) is 147 cm³/mol. The molecule has 10 heteroatoms. The van der Waals surface area contributed by atoms with E-state index in [2.05, 4.69) is 31.3 Å². The number of aryl methyl sites for hydroxylation is 1. The molecule has 0 atom stereocenters. The van der Waals surface area contributed by atoms with Crippen LogP contribution in [0.1, 0.15) is 19.4 Å². The summed E-state index contributed by atoms with van der Waals surface area (Å²) >= 11 is 1.55. The average Bonchev–Trinajstić information content (AvgIpc) is 2.89. The summed E-state index contributed by atoms with van der Waals surface area (Å²) in [5.41, 5.74) is 3.65. The lowest BCUT2D eigenvalue weighted by molar-refractivity contribution is 0.122. The SMILES string of the molecule is CCOc1cc(N2CCOCC2)c(OCC)cc1Nc1ncc(C)c(Nc2ccccc2SNC)n1. The smallest absolute Gasteiger partial charge is 0.229 e. The van der Waals surface area contributed by atoms with E-state index in [0.717, 1.165) is 57.9 Å². The lowest BCUT2D eigenvalue weighted by Gasteiger charge is -2.31. The van der Waals surface area contributed by atoms with Crippen molar-refractivity contribution in [2.45, 2.75) is 25.7 Å². The largest absolute Gasteiger partial charge is 0.492 e. The van der Waals surface area contributed by atoms with Crippen molar-refractivity contribution in [2.75, 3.05) is 62.1 Å². The topological polar surface area (TPSA) is 92.8 Å². The molecule has 0 unspecified atom stereocenters. The Bertz CT molecular complexity index is 1160. The molecule has 0 spiro atoms. The molecule has 1 saturated heterocycles. The first-order chi connectivity index (χ1) is 17.6. The van der Waals surface area contributed by atoms with E-state index in [1.807, 2.05) is 58.2 Å². The standard InChI is InChI=1S/C26H34N6O3S/c1-5-34-22-16-21(32-11-13-33-14-12-32)23(35-6-2)15-20(22)30-26-28-17-18(3)25(31-26)29-19-9-7-8-10-24(19)36-27-4/h7-10,15-17,27H,5-6,11-14H2,1-4H3,(H2,28,29,30,31). The first kappa shape index (κ1) is 25.9. The highest BCUT2D eigenvalue weighted by Gasteiger charge is 2.20. The van der Waals surface area contributed by atoms with Gasteiger partial charge in [0.1, 0.15) is 17.3 Å². The molecule has 0 saturated carbocycles. The molecule has 2 aromatic carbocycles. The van der Waals surface area contributed by atoms with Crippen LogP contribution in [-0.2, 0) is 4.74 Å². The van der Waals surface area contributed by atoms with Crippen LogP contribution >= 0.6 is 11.9 Å². The predicted octanol–water partition coefficient (Wildman–Crippen LogP) is 5.13. The van der Waals surface area contributed by atoms with Gasteiger partial charge in [0.25, 0.3) is 0 Å². The monoisotopic (exact) mass is 510 g/mol. The maximum absolute atomic E-state index is 6.02. The van der Waals surface area contributed by atoms with Gasteiger partial charge in [0.05, 0.1) is 43.5 Å². The fraction of sp³-hybridized carbons (Fsp3) is 0.385. The molecule has 0 aliphatic carbocycles. The Morgan fingerprint density at radius 1 is 1.00 bits per heavy atom. The van der Waals surface area contributed by atoms with Gasteiger partial charge in [-0.2, -0.15) is 4.98 Å². The van der Waals surface area contributed by atoms with Crippen molar-refractivity contribution in [2.24, 2.45) is 0 Å². The maximum atomic E-state index is 6.02. The van der Waals surface area contributed by atoms with E-state index in [0.29, 0.717) is 32.4 Å². The summed E-state index contributed by atoms with van der Waals surface area (Å²) in [6, 6.07) is 12.1. The summed E-state index contributed by atoms with van der Waals surface area (Å²) in [5, 5.41) is 6.80. The molecule has 9 nitrogen and oxygen atoms in total. The second-order valence-corrected chi connectivity index (χ2v) is 9.11. The minimum atomic E-state index is 0.462. The zero-order valence-corrected chi connectivity index (χ0v) is 22.1. The van der Waals surface area contributed by atoms with Gasteiger partial charge in [0.15, 0.2) is 0 Å². The molecule has 3 aromatic rings. The fourth-order valence-corrected chi connectivity index (χ4v) is 4.49. The van der Waals surface area contributed by atoms with E-state index in [1.54, 1.807) is 18.1 Å². The van der Waals surface area contributed by atoms with E-state index in [-0.39, 0.29) is 0 Å². The van der Waals surface area contributed by atoms with Crippen molar-refractivity contribution in [3.05, 3.63) is 48.2 Å². The van der Waals surface area contributed by atoms with Crippen LogP contribution < -0.4 is 29.7 Å². The number of ether oxygens (including phenoxy) is 3. The highest BCUT2D eigenvalue weighted by atomic mass is 32.2. The van der Waals surface area contributed by atoms with Gasteiger partial charge in [-0.05, 0) is 51.9 Å². The Morgan fingerprint density at radius 2 is 1.75 bits per heavy atom. The number of nitrogens with zero attached hydrogens (tertiary/aromatic N) is 3. The van der Waals surface area contributed by atoms with E-state index in [9.17, 15) is 0 Å². The van der Waals surface area contributed by atoms with Crippen LogP contribution in [0.2, 0.25) is 0 Å². The number of morpholine rings is 1. The number of hydrogen-bond donors (Lipinski definition) is 3. The average molecular weight is 511 g/mol. The number of anilines is 5.